The molecule has 0 unspecified atom stereocenters. The van der Waals surface area contributed by atoms with Gasteiger partial charge in [-0.25, -0.2) is 9.59 Å². The molecule has 0 aliphatic heterocycles. The molecule has 0 aromatic rings. The lowest BCUT2D eigenvalue weighted by molar-refractivity contribution is -0.156. The lowest BCUT2D eigenvalue weighted by Crippen LogP contribution is -2.36. The van der Waals surface area contributed by atoms with Crippen LogP contribution in [0.15, 0.2) is 0 Å². The van der Waals surface area contributed by atoms with E-state index in [1.54, 1.807) is 14.1 Å². The van der Waals surface area contributed by atoms with E-state index in [0.29, 0.717) is 171 Å². The van der Waals surface area contributed by atoms with Crippen molar-refractivity contribution in [1.82, 2.24) is 9.80 Å². The molecule has 0 fully saturated rings. The maximum absolute atomic E-state index is 11.8. The zero-order valence-corrected chi connectivity index (χ0v) is 44.6. The van der Waals surface area contributed by atoms with Gasteiger partial charge in [0, 0.05) is 53.2 Å². The molecule has 0 saturated carbocycles. The molecule has 20 nitrogen and oxygen atoms in total. The monoisotopic (exact) mass is 987 g/mol. The van der Waals surface area contributed by atoms with Crippen LogP contribution in [-0.2, 0) is 75.9 Å². The van der Waals surface area contributed by atoms with E-state index in [1.807, 2.05) is 83.1 Å². The van der Waals surface area contributed by atoms with Crippen LogP contribution in [0.25, 0.3) is 0 Å². The van der Waals surface area contributed by atoms with Gasteiger partial charge in [-0.2, -0.15) is 0 Å². The largest absolute Gasteiger partial charge is 0.460 e. The van der Waals surface area contributed by atoms with Crippen LogP contribution in [0.2, 0.25) is 0 Å². The lowest BCUT2D eigenvalue weighted by atomic mass is 10.2. The second-order valence-corrected chi connectivity index (χ2v) is 19.3. The molecule has 0 saturated heterocycles. The Bertz CT molecular complexity index is 1160. The highest BCUT2D eigenvalue weighted by Gasteiger charge is 2.21. The number of carbonyl (C=O) groups excluding carboxylic acids is 4. The Hall–Kier alpha value is -2.92. The fraction of sp³-hybridized carbons (Fsp3) is 0.917. The number of rotatable bonds is 38. The van der Waals surface area contributed by atoms with Gasteiger partial charge in [-0.15, -0.1) is 0 Å². The summed E-state index contributed by atoms with van der Waals surface area (Å²) in [7, 11) is 3.35. The average molecular weight is 987 g/mol. The van der Waals surface area contributed by atoms with Crippen molar-refractivity contribution in [3.63, 3.8) is 0 Å². The number of esters is 2. The number of hydrogen-bond donors (Lipinski definition) is 0. The molecule has 2 amide bonds. The summed E-state index contributed by atoms with van der Waals surface area (Å²) < 4.78 is 75.3. The molecule has 0 aliphatic rings. The summed E-state index contributed by atoms with van der Waals surface area (Å²) in [6.45, 7) is 32.4. The van der Waals surface area contributed by atoms with E-state index in [4.69, 9.17) is 66.3 Å². The molecule has 0 aromatic heterocycles. The Morgan fingerprint density at radius 1 is 0.294 bits per heavy atom. The van der Waals surface area contributed by atoms with Crippen molar-refractivity contribution in [2.24, 2.45) is 0 Å². The maximum atomic E-state index is 11.8. The molecule has 404 valence electrons. The summed E-state index contributed by atoms with van der Waals surface area (Å²) in [5, 5.41) is 0. The van der Waals surface area contributed by atoms with Gasteiger partial charge in [-0.1, -0.05) is 0 Å². The van der Waals surface area contributed by atoms with Gasteiger partial charge in [0.15, 0.2) is 0 Å². The molecule has 68 heavy (non-hydrogen) atoms. The van der Waals surface area contributed by atoms with Gasteiger partial charge in [0.2, 0.25) is 0 Å². The quantitative estimate of drug-likeness (QED) is 0.0389. The molecule has 0 atom stereocenters. The third-order valence-electron chi connectivity index (χ3n) is 7.71. The standard InChI is InChI=1S/C24H48N2O9.C24H46O9/c1-23(2,3)34-21(27)25(7)9-11-29-13-15-31-17-19-33-20-18-32-16-14-30-12-10-26(8)22(28)35-24(4,5)6;1-23(2,3)32-21(25)9-7-11-27-13-15-29-17-19-31-20-18-30-16-14-28-12-8-10-22(26)33-24(4,5)6/h9-20H2,1-8H3;7-20H2,1-6H3. The van der Waals surface area contributed by atoms with Crippen LogP contribution < -0.4 is 0 Å². The topological polar surface area (TPSA) is 204 Å². The number of ether oxygens (including phenoxy) is 14. The normalized spacial score (nSPS) is 12.0. The van der Waals surface area contributed by atoms with Gasteiger partial charge in [-0.3, -0.25) is 9.59 Å². The Kier molecular flexibility index (Phi) is 40.3. The van der Waals surface area contributed by atoms with Crippen LogP contribution in [0.1, 0.15) is 109 Å². The van der Waals surface area contributed by atoms with Crippen molar-refractivity contribution >= 4 is 24.1 Å². The summed E-state index contributed by atoms with van der Waals surface area (Å²) in [6.07, 6.45) is 1.25. The molecule has 0 radical (unpaired) electrons. The first-order valence-corrected chi connectivity index (χ1v) is 23.9. The highest BCUT2D eigenvalue weighted by atomic mass is 16.6. The van der Waals surface area contributed by atoms with E-state index < -0.39 is 22.4 Å². The van der Waals surface area contributed by atoms with E-state index in [2.05, 4.69) is 0 Å². The second-order valence-electron chi connectivity index (χ2n) is 19.3. The Balaban J connectivity index is 0. The number of amides is 2. The minimum Gasteiger partial charge on any atom is -0.460 e. The minimum absolute atomic E-state index is 0.203. The van der Waals surface area contributed by atoms with Gasteiger partial charge in [0.05, 0.1) is 119 Å². The molecular weight excluding hydrogens is 893 g/mol. The predicted molar refractivity (Wildman–Crippen MR) is 256 cm³/mol. The van der Waals surface area contributed by atoms with Gasteiger partial charge >= 0.3 is 24.1 Å². The van der Waals surface area contributed by atoms with Crippen LogP contribution in [0.5, 0.6) is 0 Å². The summed E-state index contributed by atoms with van der Waals surface area (Å²) in [5.41, 5.74) is -1.91. The van der Waals surface area contributed by atoms with Crippen LogP contribution in [0.3, 0.4) is 0 Å². The van der Waals surface area contributed by atoms with Crippen molar-refractivity contribution < 1.29 is 85.5 Å². The smallest absolute Gasteiger partial charge is 0.410 e. The number of carbonyl (C=O) groups is 4. The molecule has 0 rings (SSSR count). The van der Waals surface area contributed by atoms with E-state index in [1.165, 1.54) is 9.80 Å². The highest BCUT2D eigenvalue weighted by Crippen LogP contribution is 2.12. The summed E-state index contributed by atoms with van der Waals surface area (Å²) >= 11 is 0. The number of hydrogen-bond acceptors (Lipinski definition) is 18. The van der Waals surface area contributed by atoms with E-state index >= 15 is 0 Å². The number of likely N-dealkylation sites (N-methyl/N-ethyl adjacent to an activating group) is 2. The Morgan fingerprint density at radius 2 is 0.485 bits per heavy atom. The first kappa shape index (κ1) is 67.2. The average Bonchev–Trinajstić information content (AvgIpc) is 3.20. The van der Waals surface area contributed by atoms with Crippen molar-refractivity contribution in [2.75, 3.05) is 159 Å². The highest BCUT2D eigenvalue weighted by molar-refractivity contribution is 5.70. The fourth-order valence-electron chi connectivity index (χ4n) is 4.65. The molecule has 0 N–H and O–H groups in total. The fourth-order valence-corrected chi connectivity index (χ4v) is 4.65. The second kappa shape index (κ2) is 40.8. The third-order valence-corrected chi connectivity index (χ3v) is 7.71. The summed E-state index contributed by atoms with van der Waals surface area (Å²) in [4.78, 5) is 49.7. The molecule has 0 bridgehead atoms. The molecule has 0 spiro atoms. The Labute approximate surface area is 409 Å². The molecule has 0 heterocycles. The van der Waals surface area contributed by atoms with Gasteiger partial charge in [-0.05, 0) is 95.9 Å². The van der Waals surface area contributed by atoms with Crippen LogP contribution in [0, 0.1) is 0 Å². The van der Waals surface area contributed by atoms with Crippen molar-refractivity contribution in [3.8, 4) is 0 Å². The third kappa shape index (κ3) is 54.0. The SMILES string of the molecule is CC(C)(C)OC(=O)CCCOCCOCCOCCOCCOCCCC(=O)OC(C)(C)C.CN(CCOCCOCCOCCOCCOCCN(C)C(=O)OC(C)(C)C)C(=O)OC(C)(C)C. The first-order chi connectivity index (χ1) is 31.8. The first-order valence-electron chi connectivity index (χ1n) is 23.9. The van der Waals surface area contributed by atoms with Crippen LogP contribution >= 0.6 is 0 Å². The zero-order chi connectivity index (χ0) is 51.7. The van der Waals surface area contributed by atoms with Gasteiger partial charge < -0.3 is 76.1 Å². The molecular formula is C48H94N2O18. The summed E-state index contributed by atoms with van der Waals surface area (Å²) in [6, 6.07) is 0. The van der Waals surface area contributed by atoms with E-state index in [-0.39, 0.29) is 24.1 Å². The predicted octanol–water partition coefficient (Wildman–Crippen LogP) is 6.12. The molecule has 20 heteroatoms. The van der Waals surface area contributed by atoms with Crippen molar-refractivity contribution in [3.05, 3.63) is 0 Å². The summed E-state index contributed by atoms with van der Waals surface area (Å²) in [5.74, 6) is -0.405. The number of nitrogens with zero attached hydrogens (tertiary/aromatic N) is 2. The minimum atomic E-state index is -0.508. The molecule has 0 aliphatic carbocycles. The maximum Gasteiger partial charge on any atom is 0.410 e. The van der Waals surface area contributed by atoms with Crippen molar-refractivity contribution in [2.45, 2.75) is 131 Å². The zero-order valence-electron chi connectivity index (χ0n) is 44.6. The van der Waals surface area contributed by atoms with Crippen LogP contribution in [-0.4, -0.2) is 216 Å². The van der Waals surface area contributed by atoms with Gasteiger partial charge in [0.25, 0.3) is 0 Å². The Morgan fingerprint density at radius 3 is 0.691 bits per heavy atom. The van der Waals surface area contributed by atoms with E-state index in [9.17, 15) is 19.2 Å². The molecule has 0 aromatic carbocycles. The van der Waals surface area contributed by atoms with E-state index in [0.717, 1.165) is 0 Å². The van der Waals surface area contributed by atoms with Crippen LogP contribution in [0.4, 0.5) is 9.59 Å². The van der Waals surface area contributed by atoms with Crippen molar-refractivity contribution in [1.29, 1.82) is 0 Å². The lowest BCUT2D eigenvalue weighted by Gasteiger charge is -2.24. The van der Waals surface area contributed by atoms with Gasteiger partial charge in [0.1, 0.15) is 22.4 Å².